The second kappa shape index (κ2) is 18.0. The number of rotatable bonds is 17. The molecule has 1 aromatic carbocycles. The fourth-order valence-electron chi connectivity index (χ4n) is 4.18. The molecule has 20 nitrogen and oxygen atoms in total. The molecule has 14 N–H and O–H groups in total. The van der Waals surface area contributed by atoms with Crippen molar-refractivity contribution in [2.24, 2.45) is 5.73 Å². The Labute approximate surface area is 271 Å². The van der Waals surface area contributed by atoms with Crippen molar-refractivity contribution in [2.45, 2.75) is 67.2 Å². The van der Waals surface area contributed by atoms with Gasteiger partial charge in [0.1, 0.15) is 66.5 Å². The van der Waals surface area contributed by atoms with Crippen molar-refractivity contribution >= 4 is 43.3 Å². The van der Waals surface area contributed by atoms with Gasteiger partial charge in [0.15, 0.2) is 0 Å². The number of carboxylic acid groups (broad SMARTS) is 1. The van der Waals surface area contributed by atoms with E-state index in [0.29, 0.717) is 0 Å². The Morgan fingerprint density at radius 2 is 1.43 bits per heavy atom. The number of hydrogen-bond donors (Lipinski definition) is 13. The van der Waals surface area contributed by atoms with Crippen molar-refractivity contribution in [3.8, 4) is 5.75 Å². The number of phosphoric ester groups is 1. The molecular formula is C25H39N4O16PS. The number of phenols is 1. The van der Waals surface area contributed by atoms with E-state index in [0.717, 1.165) is 12.1 Å². The lowest BCUT2D eigenvalue weighted by molar-refractivity contribution is -0.220. The Morgan fingerprint density at radius 3 is 1.94 bits per heavy atom. The van der Waals surface area contributed by atoms with Gasteiger partial charge in [0.05, 0.1) is 13.2 Å². The molecule has 0 radical (unpaired) electrons. The highest BCUT2D eigenvalue weighted by Gasteiger charge is 2.51. The number of phenolic OH excluding ortho intramolecular Hbond substituents is 1. The third kappa shape index (κ3) is 11.3. The first-order chi connectivity index (χ1) is 21.9. The summed E-state index contributed by atoms with van der Waals surface area (Å²) in [5.74, 6) is -4.84. The van der Waals surface area contributed by atoms with Gasteiger partial charge >= 0.3 is 13.8 Å². The van der Waals surface area contributed by atoms with Crippen LogP contribution in [0.15, 0.2) is 24.3 Å². The van der Waals surface area contributed by atoms with Gasteiger partial charge in [-0.25, -0.2) is 9.36 Å². The number of aliphatic carboxylic acids is 1. The normalized spacial score (nSPS) is 26.6. The van der Waals surface area contributed by atoms with Crippen molar-refractivity contribution in [2.75, 3.05) is 25.2 Å². The summed E-state index contributed by atoms with van der Waals surface area (Å²) in [6, 6.07) is -1.89. The fourth-order valence-corrected chi connectivity index (χ4v) is 5.60. The maximum atomic E-state index is 13.5. The number of phosphoric acid groups is 1. The number of nitrogens with two attached hydrogens (primary N) is 1. The molecule has 0 bridgehead atoms. The molecule has 1 aliphatic carbocycles. The highest BCUT2D eigenvalue weighted by molar-refractivity contribution is 7.98. The van der Waals surface area contributed by atoms with Gasteiger partial charge in [-0.2, -0.15) is 11.8 Å². The number of benzene rings is 1. The van der Waals surface area contributed by atoms with Gasteiger partial charge in [-0.05, 0) is 36.1 Å². The molecule has 0 aromatic heterocycles. The summed E-state index contributed by atoms with van der Waals surface area (Å²) in [5.41, 5.74) is 5.55. The average Bonchev–Trinajstić information content (AvgIpc) is 3.03. The molecule has 47 heavy (non-hydrogen) atoms. The van der Waals surface area contributed by atoms with Crippen LogP contribution >= 0.6 is 19.6 Å². The highest BCUT2D eigenvalue weighted by Crippen LogP contribution is 2.47. The highest BCUT2D eigenvalue weighted by atomic mass is 32.2. The molecule has 3 unspecified atom stereocenters. The summed E-state index contributed by atoms with van der Waals surface area (Å²) in [5, 5.41) is 84.7. The van der Waals surface area contributed by atoms with E-state index < -0.39 is 106 Å². The molecule has 0 saturated heterocycles. The Bertz CT molecular complexity index is 1260. The van der Waals surface area contributed by atoms with Crippen LogP contribution in [0.1, 0.15) is 18.0 Å². The summed E-state index contributed by atoms with van der Waals surface area (Å²) >= 11 is 1.26. The van der Waals surface area contributed by atoms with E-state index in [1.807, 2.05) is 0 Å². The number of carboxylic acids is 1. The van der Waals surface area contributed by atoms with E-state index in [9.17, 15) is 69.5 Å². The second-order valence-electron chi connectivity index (χ2n) is 10.4. The van der Waals surface area contributed by atoms with Gasteiger partial charge in [0.25, 0.3) is 0 Å². The minimum atomic E-state index is -5.46. The third-order valence-electron chi connectivity index (χ3n) is 6.90. The number of carbonyl (C=O) groups is 4. The van der Waals surface area contributed by atoms with Crippen LogP contribution in [0.3, 0.4) is 0 Å². The van der Waals surface area contributed by atoms with Crippen LogP contribution in [0.2, 0.25) is 0 Å². The number of aliphatic hydroxyl groups excluding tert-OH is 6. The molecule has 1 aliphatic rings. The predicted molar refractivity (Wildman–Crippen MR) is 159 cm³/mol. The average molecular weight is 715 g/mol. The van der Waals surface area contributed by atoms with E-state index in [1.54, 1.807) is 6.26 Å². The number of carbonyl (C=O) groups excluding carboxylic acids is 3. The molecule has 1 aromatic rings. The molecular weight excluding hydrogens is 675 g/mol. The number of amides is 3. The van der Waals surface area contributed by atoms with Crippen LogP contribution in [0.25, 0.3) is 0 Å². The molecule has 1 fully saturated rings. The summed E-state index contributed by atoms with van der Waals surface area (Å²) in [4.78, 5) is 61.2. The molecule has 2 rings (SSSR count). The van der Waals surface area contributed by atoms with Crippen molar-refractivity contribution in [1.29, 1.82) is 0 Å². The quantitative estimate of drug-likeness (QED) is 0.0672. The molecule has 3 amide bonds. The zero-order valence-corrected chi connectivity index (χ0v) is 26.4. The first-order valence-corrected chi connectivity index (χ1v) is 16.7. The standard InChI is InChI=1S/C25H39N4O16PS/c1-47-7-6-13(25(40)41)27-23(38)14(9-44-46(42,43)45-21-19(35)17(33)16(32)18(34)20(21)36)28-24(39)15(29-22(37)12(26)8-30)10-2-4-11(31)5-3-10/h2-5,12-21,30-36H,6-9,26H2,1H3,(H,27,38)(H,28,39)(H,29,37)(H,40,41)(H,42,43)/t12-,13-,14-,15-,16?,17-,18+,19+,20+,21?/m0/s1. The molecule has 0 spiro atoms. The molecule has 11 atom stereocenters. The van der Waals surface area contributed by atoms with Crippen LogP contribution in [-0.4, -0.2) is 149 Å². The monoisotopic (exact) mass is 714 g/mol. The van der Waals surface area contributed by atoms with Gasteiger partial charge in [0, 0.05) is 0 Å². The Kier molecular flexibility index (Phi) is 15.4. The molecule has 266 valence electrons. The fraction of sp³-hybridized carbons (Fsp3) is 0.600. The minimum absolute atomic E-state index is 0.0259. The Morgan fingerprint density at radius 1 is 0.894 bits per heavy atom. The van der Waals surface area contributed by atoms with Gasteiger partial charge < -0.3 is 67.4 Å². The van der Waals surface area contributed by atoms with Crippen molar-refractivity contribution in [1.82, 2.24) is 16.0 Å². The number of aliphatic hydroxyl groups is 6. The summed E-state index contributed by atoms with van der Waals surface area (Å²) in [6.45, 7) is -2.05. The maximum absolute atomic E-state index is 13.5. The summed E-state index contributed by atoms with van der Waals surface area (Å²) < 4.78 is 22.3. The summed E-state index contributed by atoms with van der Waals surface area (Å²) in [7, 11) is -5.46. The van der Waals surface area contributed by atoms with E-state index >= 15 is 0 Å². The predicted octanol–water partition coefficient (Wildman–Crippen LogP) is -5.00. The van der Waals surface area contributed by atoms with E-state index in [1.165, 1.54) is 23.9 Å². The molecule has 0 aliphatic heterocycles. The van der Waals surface area contributed by atoms with Crippen LogP contribution in [-0.2, 0) is 32.8 Å². The Balaban J connectivity index is 2.37. The van der Waals surface area contributed by atoms with E-state index in [-0.39, 0.29) is 23.5 Å². The van der Waals surface area contributed by atoms with E-state index in [2.05, 4.69) is 16.0 Å². The van der Waals surface area contributed by atoms with Crippen molar-refractivity contribution in [3.63, 3.8) is 0 Å². The lowest BCUT2D eigenvalue weighted by Gasteiger charge is -2.41. The van der Waals surface area contributed by atoms with Crippen molar-refractivity contribution < 1.29 is 78.5 Å². The smallest absolute Gasteiger partial charge is 0.472 e. The minimum Gasteiger partial charge on any atom is -0.508 e. The molecule has 1 saturated carbocycles. The second-order valence-corrected chi connectivity index (χ2v) is 12.7. The van der Waals surface area contributed by atoms with Crippen LogP contribution in [0.5, 0.6) is 5.75 Å². The number of nitrogens with one attached hydrogen (secondary N) is 3. The maximum Gasteiger partial charge on any atom is 0.472 e. The van der Waals surface area contributed by atoms with Gasteiger partial charge in [-0.15, -0.1) is 0 Å². The number of hydrogen-bond acceptors (Lipinski definition) is 16. The van der Waals surface area contributed by atoms with Crippen molar-refractivity contribution in [3.05, 3.63) is 29.8 Å². The zero-order chi connectivity index (χ0) is 35.6. The van der Waals surface area contributed by atoms with Gasteiger partial charge in [-0.3, -0.25) is 23.4 Å². The molecule has 22 heteroatoms. The van der Waals surface area contributed by atoms with Gasteiger partial charge in [-0.1, -0.05) is 12.1 Å². The lowest BCUT2D eigenvalue weighted by Crippen LogP contribution is -2.64. The third-order valence-corrected chi connectivity index (χ3v) is 8.53. The first-order valence-electron chi connectivity index (χ1n) is 13.8. The van der Waals surface area contributed by atoms with Crippen LogP contribution in [0.4, 0.5) is 0 Å². The topological polar surface area (TPSA) is 348 Å². The molecule has 0 heterocycles. The SMILES string of the molecule is CSCC[C@H](NC(=O)[C@H](COP(=O)(O)OC1[C@H](O)[C@H](O)C(O)[C@H](O)[C@H]1O)NC(=O)[C@@H](NC(=O)[C@@H](N)CO)c1ccc(O)cc1)C(=O)O. The number of aromatic hydroxyl groups is 1. The van der Waals surface area contributed by atoms with Crippen LogP contribution in [0, 0.1) is 0 Å². The lowest BCUT2D eigenvalue weighted by atomic mass is 9.85. The van der Waals surface area contributed by atoms with Crippen LogP contribution < -0.4 is 21.7 Å². The zero-order valence-electron chi connectivity index (χ0n) is 24.7. The van der Waals surface area contributed by atoms with E-state index in [4.69, 9.17) is 14.8 Å². The first kappa shape index (κ1) is 40.3. The summed E-state index contributed by atoms with van der Waals surface area (Å²) in [6.07, 6.45) is -11.3. The number of thioether (sulfide) groups is 1. The largest absolute Gasteiger partial charge is 0.508 e. The van der Waals surface area contributed by atoms with Gasteiger partial charge in [0.2, 0.25) is 17.7 Å². The Hall–Kier alpha value is -2.92.